The summed E-state index contributed by atoms with van der Waals surface area (Å²) in [4.78, 5) is 11.4. The van der Waals surface area contributed by atoms with Crippen molar-refractivity contribution in [1.82, 2.24) is 0 Å². The highest BCUT2D eigenvalue weighted by Gasteiger charge is 2.26. The summed E-state index contributed by atoms with van der Waals surface area (Å²) in [6.07, 6.45) is 0. The molecule has 2 aromatic rings. The number of ether oxygens (including phenoxy) is 1. The Hall–Kier alpha value is -1.81. The third kappa shape index (κ3) is 2.43. The zero-order valence-electron chi connectivity index (χ0n) is 12.5. The summed E-state index contributed by atoms with van der Waals surface area (Å²) in [5.74, 6) is -1.09. The van der Waals surface area contributed by atoms with E-state index in [1.165, 1.54) is 0 Å². The third-order valence-electron chi connectivity index (χ3n) is 3.33. The second kappa shape index (κ2) is 4.94. The molecule has 1 heterocycles. The number of rotatable bonds is 3. The van der Waals surface area contributed by atoms with Crippen molar-refractivity contribution >= 4 is 16.9 Å². The lowest BCUT2D eigenvalue weighted by atomic mass is 9.85. The van der Waals surface area contributed by atoms with Gasteiger partial charge in [0.2, 0.25) is 5.76 Å². The quantitative estimate of drug-likeness (QED) is 0.924. The van der Waals surface area contributed by atoms with Crippen LogP contribution in [0.15, 0.2) is 16.5 Å². The minimum absolute atomic E-state index is 0.0297. The first-order chi connectivity index (χ1) is 9.25. The number of carbonyl (C=O) groups is 1. The minimum Gasteiger partial charge on any atom is -0.475 e. The van der Waals surface area contributed by atoms with E-state index in [0.717, 1.165) is 16.5 Å². The van der Waals surface area contributed by atoms with Crippen LogP contribution < -0.4 is 0 Å². The van der Waals surface area contributed by atoms with Crippen molar-refractivity contribution in [2.45, 2.75) is 39.7 Å². The van der Waals surface area contributed by atoms with Crippen LogP contribution in [0.2, 0.25) is 0 Å². The Morgan fingerprint density at radius 3 is 2.50 bits per heavy atom. The molecule has 0 aliphatic heterocycles. The molecule has 1 aromatic heterocycles. The molecule has 0 aliphatic carbocycles. The zero-order valence-corrected chi connectivity index (χ0v) is 12.5. The Kier molecular flexibility index (Phi) is 3.61. The van der Waals surface area contributed by atoms with Gasteiger partial charge >= 0.3 is 5.97 Å². The Morgan fingerprint density at radius 1 is 1.35 bits per heavy atom. The average molecular weight is 276 g/mol. The molecule has 0 saturated carbocycles. The maximum atomic E-state index is 11.4. The molecule has 0 atom stereocenters. The number of hydrogen-bond donors (Lipinski definition) is 1. The average Bonchev–Trinajstić information content (AvgIpc) is 2.66. The number of benzene rings is 1. The third-order valence-corrected chi connectivity index (χ3v) is 3.33. The predicted molar refractivity (Wildman–Crippen MR) is 77.3 cm³/mol. The van der Waals surface area contributed by atoms with Crippen molar-refractivity contribution in [2.24, 2.45) is 0 Å². The molecule has 4 nitrogen and oxygen atoms in total. The highest BCUT2D eigenvalue weighted by molar-refractivity contribution is 5.96. The number of aryl methyl sites for hydroxylation is 1. The summed E-state index contributed by atoms with van der Waals surface area (Å²) >= 11 is 0. The molecule has 0 bridgehead atoms. The second-order valence-corrected chi connectivity index (χ2v) is 6.09. The molecule has 0 fully saturated rings. The van der Waals surface area contributed by atoms with E-state index in [-0.39, 0.29) is 17.8 Å². The van der Waals surface area contributed by atoms with Gasteiger partial charge in [-0.05, 0) is 24.0 Å². The van der Waals surface area contributed by atoms with Crippen LogP contribution in [-0.2, 0) is 16.8 Å². The number of aromatic carboxylic acids is 1. The number of methoxy groups -OCH3 is 1. The lowest BCUT2D eigenvalue weighted by Crippen LogP contribution is -2.11. The van der Waals surface area contributed by atoms with Crippen LogP contribution in [0.4, 0.5) is 0 Å². The first-order valence-electron chi connectivity index (χ1n) is 6.54. The van der Waals surface area contributed by atoms with Crippen LogP contribution in [0.3, 0.4) is 0 Å². The normalized spacial score (nSPS) is 12.1. The van der Waals surface area contributed by atoms with Gasteiger partial charge in [-0.25, -0.2) is 4.79 Å². The maximum absolute atomic E-state index is 11.4. The second-order valence-electron chi connectivity index (χ2n) is 6.09. The van der Waals surface area contributed by atoms with Crippen molar-refractivity contribution in [2.75, 3.05) is 7.11 Å². The SMILES string of the molecule is COCc1c(C(=O)O)oc2c(C(C)(C)C)cc(C)cc12. The molecule has 0 saturated heterocycles. The number of fused-ring (bicyclic) bond motifs is 1. The van der Waals surface area contributed by atoms with Crippen LogP contribution in [0.1, 0.15) is 48.0 Å². The van der Waals surface area contributed by atoms with Gasteiger partial charge in [0.25, 0.3) is 0 Å². The van der Waals surface area contributed by atoms with Crippen LogP contribution in [0.5, 0.6) is 0 Å². The van der Waals surface area contributed by atoms with E-state index in [1.807, 2.05) is 19.1 Å². The van der Waals surface area contributed by atoms with Gasteiger partial charge in [0, 0.05) is 23.6 Å². The van der Waals surface area contributed by atoms with Gasteiger partial charge in [-0.15, -0.1) is 0 Å². The van der Waals surface area contributed by atoms with Gasteiger partial charge < -0.3 is 14.3 Å². The van der Waals surface area contributed by atoms with E-state index in [9.17, 15) is 9.90 Å². The number of hydrogen-bond acceptors (Lipinski definition) is 3. The molecule has 4 heteroatoms. The summed E-state index contributed by atoms with van der Waals surface area (Å²) < 4.78 is 10.8. The molecular formula is C16H20O4. The van der Waals surface area contributed by atoms with Gasteiger partial charge in [-0.3, -0.25) is 0 Å². The standard InChI is InChI=1S/C16H20O4/c1-9-6-10-11(8-19-5)14(15(17)18)20-13(10)12(7-9)16(2,3)4/h6-7H,8H2,1-5H3,(H,17,18). The van der Waals surface area contributed by atoms with E-state index >= 15 is 0 Å². The fraction of sp³-hybridized carbons (Fsp3) is 0.438. The van der Waals surface area contributed by atoms with Gasteiger partial charge in [0.1, 0.15) is 5.58 Å². The van der Waals surface area contributed by atoms with E-state index in [4.69, 9.17) is 9.15 Å². The van der Waals surface area contributed by atoms with Crippen molar-refractivity contribution in [3.63, 3.8) is 0 Å². The summed E-state index contributed by atoms with van der Waals surface area (Å²) in [6.45, 7) is 8.47. The topological polar surface area (TPSA) is 59.7 Å². The van der Waals surface area contributed by atoms with E-state index in [2.05, 4.69) is 20.8 Å². The van der Waals surface area contributed by atoms with Crippen molar-refractivity contribution in [3.05, 3.63) is 34.6 Å². The Balaban J connectivity index is 2.86. The molecular weight excluding hydrogens is 256 g/mol. The van der Waals surface area contributed by atoms with Crippen molar-refractivity contribution in [3.8, 4) is 0 Å². The largest absolute Gasteiger partial charge is 0.475 e. The molecule has 108 valence electrons. The maximum Gasteiger partial charge on any atom is 0.372 e. The monoisotopic (exact) mass is 276 g/mol. The van der Waals surface area contributed by atoms with Crippen LogP contribution in [-0.4, -0.2) is 18.2 Å². The summed E-state index contributed by atoms with van der Waals surface area (Å²) in [5, 5.41) is 10.1. The van der Waals surface area contributed by atoms with Crippen molar-refractivity contribution in [1.29, 1.82) is 0 Å². The highest BCUT2D eigenvalue weighted by Crippen LogP contribution is 2.36. The van der Waals surface area contributed by atoms with E-state index < -0.39 is 5.97 Å². The first kappa shape index (κ1) is 14.6. The summed E-state index contributed by atoms with van der Waals surface area (Å²) in [6, 6.07) is 4.00. The molecule has 1 N–H and O–H groups in total. The van der Waals surface area contributed by atoms with Crippen LogP contribution >= 0.6 is 0 Å². The van der Waals surface area contributed by atoms with Gasteiger partial charge in [0.05, 0.1) is 6.61 Å². The number of carboxylic acid groups (broad SMARTS) is 1. The fourth-order valence-electron chi connectivity index (χ4n) is 2.41. The lowest BCUT2D eigenvalue weighted by molar-refractivity contribution is 0.0658. The smallest absolute Gasteiger partial charge is 0.372 e. The molecule has 0 unspecified atom stereocenters. The Labute approximate surface area is 118 Å². The molecule has 1 aromatic carbocycles. The zero-order chi connectivity index (χ0) is 15.1. The first-order valence-corrected chi connectivity index (χ1v) is 6.54. The van der Waals surface area contributed by atoms with E-state index in [0.29, 0.717) is 11.1 Å². The molecule has 0 radical (unpaired) electrons. The van der Waals surface area contributed by atoms with Crippen molar-refractivity contribution < 1.29 is 19.1 Å². The number of carboxylic acids is 1. The lowest BCUT2D eigenvalue weighted by Gasteiger charge is -2.19. The van der Waals surface area contributed by atoms with Gasteiger partial charge in [0.15, 0.2) is 0 Å². The number of furan rings is 1. The van der Waals surface area contributed by atoms with Crippen LogP contribution in [0.25, 0.3) is 11.0 Å². The van der Waals surface area contributed by atoms with Crippen LogP contribution in [0, 0.1) is 6.92 Å². The van der Waals surface area contributed by atoms with Gasteiger partial charge in [-0.2, -0.15) is 0 Å². The predicted octanol–water partition coefficient (Wildman–Crippen LogP) is 3.88. The minimum atomic E-state index is -1.06. The molecule has 2 rings (SSSR count). The van der Waals surface area contributed by atoms with E-state index in [1.54, 1.807) is 7.11 Å². The fourth-order valence-corrected chi connectivity index (χ4v) is 2.41. The Morgan fingerprint density at radius 2 is 2.00 bits per heavy atom. The Bertz CT molecular complexity index is 659. The van der Waals surface area contributed by atoms with Gasteiger partial charge in [-0.1, -0.05) is 26.8 Å². The molecule has 0 spiro atoms. The molecule has 0 amide bonds. The summed E-state index contributed by atoms with van der Waals surface area (Å²) in [7, 11) is 1.55. The summed E-state index contributed by atoms with van der Waals surface area (Å²) in [5.41, 5.74) is 3.22. The molecule has 20 heavy (non-hydrogen) atoms. The molecule has 0 aliphatic rings. The highest BCUT2D eigenvalue weighted by atomic mass is 16.5.